The first-order valence-electron chi connectivity index (χ1n) is 5.01. The third-order valence-corrected chi connectivity index (χ3v) is 2.33. The third kappa shape index (κ3) is 2.39. The zero-order valence-corrected chi connectivity index (χ0v) is 8.91. The molecular formula is C12H10N2O3. The second-order valence-corrected chi connectivity index (χ2v) is 3.52. The zero-order chi connectivity index (χ0) is 12.3. The van der Waals surface area contributed by atoms with Crippen molar-refractivity contribution in [2.45, 2.75) is 6.54 Å². The molecule has 1 N–H and O–H groups in total. The summed E-state index contributed by atoms with van der Waals surface area (Å²) in [4.78, 5) is 21.5. The summed E-state index contributed by atoms with van der Waals surface area (Å²) in [6.07, 6.45) is 0.600. The second kappa shape index (κ2) is 4.61. The van der Waals surface area contributed by atoms with Crippen LogP contribution in [0, 0.1) is 0 Å². The van der Waals surface area contributed by atoms with Gasteiger partial charge in [-0.2, -0.15) is 5.10 Å². The molecular weight excluding hydrogens is 220 g/mol. The van der Waals surface area contributed by atoms with E-state index in [0.717, 1.165) is 5.56 Å². The molecule has 1 heterocycles. The lowest BCUT2D eigenvalue weighted by molar-refractivity contribution is 0.0689. The van der Waals surface area contributed by atoms with Gasteiger partial charge in [-0.1, -0.05) is 30.3 Å². The Kier molecular flexibility index (Phi) is 3.00. The molecule has 1 aromatic heterocycles. The van der Waals surface area contributed by atoms with Crippen LogP contribution in [0.2, 0.25) is 0 Å². The monoisotopic (exact) mass is 230 g/mol. The average molecular weight is 230 g/mol. The fourth-order valence-electron chi connectivity index (χ4n) is 1.51. The summed E-state index contributed by atoms with van der Waals surface area (Å²) in [7, 11) is 0. The SMILES string of the molecule is O=Cc1cc(C(=O)O)nn1Cc1ccccc1. The van der Waals surface area contributed by atoms with E-state index in [1.54, 1.807) is 0 Å². The molecule has 0 saturated heterocycles. The number of hydrogen-bond donors (Lipinski definition) is 1. The zero-order valence-electron chi connectivity index (χ0n) is 8.91. The Labute approximate surface area is 97.3 Å². The summed E-state index contributed by atoms with van der Waals surface area (Å²) in [5.74, 6) is -1.14. The van der Waals surface area contributed by atoms with Crippen molar-refractivity contribution in [3.05, 3.63) is 53.3 Å². The van der Waals surface area contributed by atoms with Gasteiger partial charge < -0.3 is 5.11 Å². The molecule has 0 radical (unpaired) electrons. The highest BCUT2D eigenvalue weighted by molar-refractivity contribution is 5.87. The molecule has 17 heavy (non-hydrogen) atoms. The van der Waals surface area contributed by atoms with Crippen LogP contribution in [0.15, 0.2) is 36.4 Å². The summed E-state index contributed by atoms with van der Waals surface area (Å²) in [5.41, 5.74) is 1.09. The number of carboxylic acid groups (broad SMARTS) is 1. The molecule has 0 bridgehead atoms. The van der Waals surface area contributed by atoms with Crippen LogP contribution in [0.4, 0.5) is 0 Å². The van der Waals surface area contributed by atoms with E-state index in [9.17, 15) is 9.59 Å². The highest BCUT2D eigenvalue weighted by Gasteiger charge is 2.12. The maximum Gasteiger partial charge on any atom is 0.356 e. The van der Waals surface area contributed by atoms with Crippen molar-refractivity contribution in [3.63, 3.8) is 0 Å². The standard InChI is InChI=1S/C12H10N2O3/c15-8-10-6-11(12(16)17)13-14(10)7-9-4-2-1-3-5-9/h1-6,8H,7H2,(H,16,17). The molecule has 0 aliphatic carbocycles. The van der Waals surface area contributed by atoms with Gasteiger partial charge in [-0.3, -0.25) is 9.48 Å². The smallest absolute Gasteiger partial charge is 0.356 e. The predicted molar refractivity (Wildman–Crippen MR) is 60.1 cm³/mol. The number of aromatic nitrogens is 2. The Bertz CT molecular complexity index is 546. The van der Waals surface area contributed by atoms with Crippen molar-refractivity contribution >= 4 is 12.3 Å². The van der Waals surface area contributed by atoms with E-state index in [-0.39, 0.29) is 11.4 Å². The first-order valence-corrected chi connectivity index (χ1v) is 5.01. The summed E-state index contributed by atoms with van der Waals surface area (Å²) in [5, 5.41) is 12.7. The van der Waals surface area contributed by atoms with Gasteiger partial charge in [0.05, 0.1) is 6.54 Å². The van der Waals surface area contributed by atoms with E-state index in [1.807, 2.05) is 30.3 Å². The van der Waals surface area contributed by atoms with E-state index >= 15 is 0 Å². The fourth-order valence-corrected chi connectivity index (χ4v) is 1.51. The van der Waals surface area contributed by atoms with Crippen LogP contribution < -0.4 is 0 Å². The molecule has 2 rings (SSSR count). The van der Waals surface area contributed by atoms with Crippen LogP contribution >= 0.6 is 0 Å². The first kappa shape index (κ1) is 11.1. The van der Waals surface area contributed by atoms with Crippen molar-refractivity contribution in [1.82, 2.24) is 9.78 Å². The molecule has 0 aliphatic heterocycles. The van der Waals surface area contributed by atoms with Crippen LogP contribution in [-0.4, -0.2) is 27.1 Å². The normalized spacial score (nSPS) is 10.1. The highest BCUT2D eigenvalue weighted by atomic mass is 16.4. The third-order valence-electron chi connectivity index (χ3n) is 2.33. The Hall–Kier alpha value is -2.43. The number of aldehydes is 1. The van der Waals surface area contributed by atoms with Crippen LogP contribution in [0.1, 0.15) is 26.5 Å². The largest absolute Gasteiger partial charge is 0.476 e. The number of hydrogen-bond acceptors (Lipinski definition) is 3. The summed E-state index contributed by atoms with van der Waals surface area (Å²) in [6, 6.07) is 10.7. The Morgan fingerprint density at radius 2 is 2.06 bits per heavy atom. The molecule has 0 spiro atoms. The lowest BCUT2D eigenvalue weighted by Gasteiger charge is -2.02. The average Bonchev–Trinajstić information content (AvgIpc) is 2.74. The Morgan fingerprint density at radius 3 is 2.65 bits per heavy atom. The quantitative estimate of drug-likeness (QED) is 0.807. The van der Waals surface area contributed by atoms with Crippen LogP contribution in [0.25, 0.3) is 0 Å². The molecule has 0 amide bonds. The highest BCUT2D eigenvalue weighted by Crippen LogP contribution is 2.07. The molecule has 1 aromatic carbocycles. The fraction of sp³-hybridized carbons (Fsp3) is 0.0833. The lowest BCUT2D eigenvalue weighted by atomic mass is 10.2. The van der Waals surface area contributed by atoms with Crippen molar-refractivity contribution < 1.29 is 14.7 Å². The van der Waals surface area contributed by atoms with E-state index in [4.69, 9.17) is 5.11 Å². The van der Waals surface area contributed by atoms with Crippen molar-refractivity contribution in [2.75, 3.05) is 0 Å². The minimum absolute atomic E-state index is 0.122. The van der Waals surface area contributed by atoms with Gasteiger partial charge in [0.25, 0.3) is 0 Å². The predicted octanol–water partition coefficient (Wildman–Crippen LogP) is 1.44. The molecule has 5 heteroatoms. The van der Waals surface area contributed by atoms with Crippen LogP contribution in [0.5, 0.6) is 0 Å². The molecule has 0 saturated carbocycles. The minimum Gasteiger partial charge on any atom is -0.476 e. The number of carbonyl (C=O) groups excluding carboxylic acids is 1. The van der Waals surface area contributed by atoms with Gasteiger partial charge in [-0.25, -0.2) is 4.79 Å². The number of aromatic carboxylic acids is 1. The number of carbonyl (C=O) groups is 2. The second-order valence-electron chi connectivity index (χ2n) is 3.52. The Balaban J connectivity index is 2.32. The van der Waals surface area contributed by atoms with Gasteiger partial charge in [0.1, 0.15) is 5.69 Å². The molecule has 0 atom stereocenters. The van der Waals surface area contributed by atoms with E-state index in [2.05, 4.69) is 5.10 Å². The first-order chi connectivity index (χ1) is 8.20. The number of rotatable bonds is 4. The number of benzene rings is 1. The van der Waals surface area contributed by atoms with Crippen molar-refractivity contribution in [1.29, 1.82) is 0 Å². The maximum absolute atomic E-state index is 10.8. The molecule has 2 aromatic rings. The van der Waals surface area contributed by atoms with Gasteiger partial charge >= 0.3 is 5.97 Å². The topological polar surface area (TPSA) is 72.2 Å². The Morgan fingerprint density at radius 1 is 1.35 bits per heavy atom. The lowest BCUT2D eigenvalue weighted by Crippen LogP contribution is -2.06. The van der Waals surface area contributed by atoms with Gasteiger partial charge in [-0.15, -0.1) is 0 Å². The maximum atomic E-state index is 10.8. The number of carboxylic acids is 1. The van der Waals surface area contributed by atoms with E-state index < -0.39 is 5.97 Å². The van der Waals surface area contributed by atoms with Crippen molar-refractivity contribution in [3.8, 4) is 0 Å². The van der Waals surface area contributed by atoms with Crippen LogP contribution in [-0.2, 0) is 6.54 Å². The summed E-state index contributed by atoms with van der Waals surface area (Å²) in [6.45, 7) is 0.377. The molecule has 5 nitrogen and oxygen atoms in total. The van der Waals surface area contributed by atoms with Gasteiger partial charge in [0.2, 0.25) is 0 Å². The molecule has 0 fully saturated rings. The van der Waals surface area contributed by atoms with E-state index in [0.29, 0.717) is 12.8 Å². The molecule has 86 valence electrons. The summed E-state index contributed by atoms with van der Waals surface area (Å²) < 4.78 is 1.38. The summed E-state index contributed by atoms with van der Waals surface area (Å²) >= 11 is 0. The van der Waals surface area contributed by atoms with Crippen molar-refractivity contribution in [2.24, 2.45) is 0 Å². The van der Waals surface area contributed by atoms with Crippen LogP contribution in [0.3, 0.4) is 0 Å². The number of nitrogens with zero attached hydrogens (tertiary/aromatic N) is 2. The van der Waals surface area contributed by atoms with Gasteiger partial charge in [0.15, 0.2) is 12.0 Å². The van der Waals surface area contributed by atoms with Gasteiger partial charge in [-0.05, 0) is 5.56 Å². The molecule has 0 unspecified atom stereocenters. The van der Waals surface area contributed by atoms with E-state index in [1.165, 1.54) is 10.7 Å². The minimum atomic E-state index is -1.14. The molecule has 0 aliphatic rings. The van der Waals surface area contributed by atoms with Gasteiger partial charge in [0, 0.05) is 6.07 Å².